The van der Waals surface area contributed by atoms with Crippen molar-refractivity contribution >= 4 is 23.6 Å². The third-order valence-corrected chi connectivity index (χ3v) is 4.75. The quantitative estimate of drug-likeness (QED) is 0.860. The number of urea groups is 1. The Kier molecular flexibility index (Phi) is 2.81. The number of hydrogen-bond acceptors (Lipinski definition) is 4. The molecule has 5 nitrogen and oxygen atoms in total. The van der Waals surface area contributed by atoms with Crippen LogP contribution in [0.1, 0.15) is 40.0 Å². The predicted molar refractivity (Wildman–Crippen MR) is 75.2 cm³/mol. The lowest BCUT2D eigenvalue weighted by atomic mass is 9.65. The molecule has 1 aromatic rings. The number of anilines is 1. The van der Waals surface area contributed by atoms with Crippen molar-refractivity contribution in [2.75, 3.05) is 11.9 Å². The highest BCUT2D eigenvalue weighted by atomic mass is 32.1. The van der Waals surface area contributed by atoms with Crippen molar-refractivity contribution in [3.8, 4) is 0 Å². The Hall–Kier alpha value is -1.17. The molecule has 104 valence electrons. The Morgan fingerprint density at radius 2 is 2.26 bits per heavy atom. The molecule has 2 heterocycles. The van der Waals surface area contributed by atoms with E-state index in [1.807, 2.05) is 4.90 Å². The van der Waals surface area contributed by atoms with Gasteiger partial charge < -0.3 is 4.90 Å². The maximum absolute atomic E-state index is 12.4. The number of nitrogens with one attached hydrogen (secondary N) is 1. The SMILES string of the molecule is CC1(C)CC2CC(C)(CN2C(=O)Nc2cnsn2)C1. The summed E-state index contributed by atoms with van der Waals surface area (Å²) >= 11 is 1.11. The van der Waals surface area contributed by atoms with Gasteiger partial charge in [0, 0.05) is 12.6 Å². The van der Waals surface area contributed by atoms with Gasteiger partial charge in [-0.1, -0.05) is 20.8 Å². The van der Waals surface area contributed by atoms with Crippen LogP contribution in [0.25, 0.3) is 0 Å². The summed E-state index contributed by atoms with van der Waals surface area (Å²) < 4.78 is 7.93. The summed E-state index contributed by atoms with van der Waals surface area (Å²) in [5.41, 5.74) is 0.596. The molecule has 2 unspecified atom stereocenters. The molecule has 1 aliphatic carbocycles. The first kappa shape index (κ1) is 12.8. The van der Waals surface area contributed by atoms with Crippen LogP contribution in [0, 0.1) is 10.8 Å². The van der Waals surface area contributed by atoms with E-state index in [1.165, 1.54) is 6.42 Å². The van der Waals surface area contributed by atoms with Gasteiger partial charge >= 0.3 is 6.03 Å². The number of carbonyl (C=O) groups excluding carboxylic acids is 1. The zero-order valence-electron chi connectivity index (χ0n) is 11.6. The lowest BCUT2D eigenvalue weighted by Crippen LogP contribution is -2.40. The van der Waals surface area contributed by atoms with E-state index < -0.39 is 0 Å². The summed E-state index contributed by atoms with van der Waals surface area (Å²) in [7, 11) is 0. The third kappa shape index (κ3) is 2.45. The van der Waals surface area contributed by atoms with Gasteiger partial charge in [0.2, 0.25) is 0 Å². The van der Waals surface area contributed by atoms with Gasteiger partial charge in [0.25, 0.3) is 0 Å². The fourth-order valence-corrected chi connectivity index (χ4v) is 4.47. The molecule has 0 spiro atoms. The van der Waals surface area contributed by atoms with Crippen LogP contribution in [-0.4, -0.2) is 32.3 Å². The molecule has 1 N–H and O–H groups in total. The monoisotopic (exact) mass is 280 g/mol. The molecule has 2 bridgehead atoms. The first-order valence-electron chi connectivity index (χ1n) is 6.72. The van der Waals surface area contributed by atoms with E-state index >= 15 is 0 Å². The van der Waals surface area contributed by atoms with E-state index in [-0.39, 0.29) is 11.4 Å². The lowest BCUT2D eigenvalue weighted by Gasteiger charge is -2.39. The summed E-state index contributed by atoms with van der Waals surface area (Å²) in [5.74, 6) is 0.556. The van der Waals surface area contributed by atoms with E-state index in [2.05, 4.69) is 34.8 Å². The van der Waals surface area contributed by atoms with Gasteiger partial charge in [0.15, 0.2) is 5.82 Å². The Labute approximate surface area is 117 Å². The largest absolute Gasteiger partial charge is 0.323 e. The molecule has 6 heteroatoms. The normalized spacial score (nSPS) is 32.4. The second-order valence-corrected chi connectivity index (χ2v) is 7.62. The molecule has 0 aromatic carbocycles. The fourth-order valence-electron chi connectivity index (χ4n) is 4.10. The summed E-state index contributed by atoms with van der Waals surface area (Å²) in [5, 5.41) is 2.84. The number of aromatic nitrogens is 2. The van der Waals surface area contributed by atoms with Crippen molar-refractivity contribution < 1.29 is 4.79 Å². The topological polar surface area (TPSA) is 58.1 Å². The fraction of sp³-hybridized carbons (Fsp3) is 0.769. The molecule has 0 radical (unpaired) electrons. The Morgan fingerprint density at radius 1 is 1.47 bits per heavy atom. The smallest absolute Gasteiger partial charge is 0.321 e. The molecule has 1 saturated heterocycles. The standard InChI is InChI=1S/C13H20N4OS/c1-12(2)4-9-5-13(3,7-12)8-17(9)11(18)15-10-6-14-19-16-10/h6,9H,4-5,7-8H2,1-3H3,(H,15,16,18). The third-order valence-electron chi connectivity index (χ3n) is 4.27. The highest BCUT2D eigenvalue weighted by Crippen LogP contribution is 2.52. The molecule has 2 aliphatic rings. The number of amides is 2. The second kappa shape index (κ2) is 4.16. The highest BCUT2D eigenvalue weighted by molar-refractivity contribution is 6.99. The van der Waals surface area contributed by atoms with Gasteiger partial charge in [-0.25, -0.2) is 4.79 Å². The van der Waals surface area contributed by atoms with E-state index in [0.717, 1.165) is 31.1 Å². The number of nitrogens with zero attached hydrogens (tertiary/aromatic N) is 3. The van der Waals surface area contributed by atoms with Crippen LogP contribution in [-0.2, 0) is 0 Å². The summed E-state index contributed by atoms with van der Waals surface area (Å²) in [6.07, 6.45) is 5.00. The maximum atomic E-state index is 12.4. The number of rotatable bonds is 1. The minimum atomic E-state index is -0.0286. The van der Waals surface area contributed by atoms with Crippen molar-refractivity contribution in [1.82, 2.24) is 13.6 Å². The number of hydrogen-bond donors (Lipinski definition) is 1. The van der Waals surface area contributed by atoms with Crippen LogP contribution in [0.4, 0.5) is 10.6 Å². The van der Waals surface area contributed by atoms with Gasteiger partial charge in [-0.2, -0.15) is 8.75 Å². The van der Waals surface area contributed by atoms with Crippen molar-refractivity contribution in [3.05, 3.63) is 6.20 Å². The van der Waals surface area contributed by atoms with E-state index in [9.17, 15) is 4.79 Å². The van der Waals surface area contributed by atoms with E-state index in [4.69, 9.17) is 0 Å². The van der Waals surface area contributed by atoms with E-state index in [1.54, 1.807) is 6.20 Å². The van der Waals surface area contributed by atoms with Crippen LogP contribution in [0.5, 0.6) is 0 Å². The number of likely N-dealkylation sites (tertiary alicyclic amines) is 1. The molecular weight excluding hydrogens is 260 g/mol. The summed E-state index contributed by atoms with van der Waals surface area (Å²) in [6.45, 7) is 7.77. The van der Waals surface area contributed by atoms with Crippen LogP contribution in [0.2, 0.25) is 0 Å². The van der Waals surface area contributed by atoms with Crippen LogP contribution in [0.3, 0.4) is 0 Å². The van der Waals surface area contributed by atoms with Gasteiger partial charge in [-0.3, -0.25) is 5.32 Å². The first-order chi connectivity index (χ1) is 8.87. The zero-order valence-corrected chi connectivity index (χ0v) is 12.5. The molecular formula is C13H20N4OS. The van der Waals surface area contributed by atoms with Crippen molar-refractivity contribution in [3.63, 3.8) is 0 Å². The maximum Gasteiger partial charge on any atom is 0.323 e. The lowest BCUT2D eigenvalue weighted by molar-refractivity contribution is 0.130. The molecule has 1 aromatic heterocycles. The minimum Gasteiger partial charge on any atom is -0.321 e. The van der Waals surface area contributed by atoms with Crippen molar-refractivity contribution in [1.29, 1.82) is 0 Å². The number of carbonyl (C=O) groups is 1. The molecule has 3 rings (SSSR count). The Balaban J connectivity index is 1.74. The minimum absolute atomic E-state index is 0.0286. The van der Waals surface area contributed by atoms with Gasteiger partial charge in [0.1, 0.15) is 0 Å². The zero-order chi connectivity index (χ0) is 13.7. The Morgan fingerprint density at radius 3 is 2.95 bits per heavy atom. The number of fused-ring (bicyclic) bond motifs is 2. The van der Waals surface area contributed by atoms with Crippen molar-refractivity contribution in [2.24, 2.45) is 10.8 Å². The van der Waals surface area contributed by atoms with Crippen molar-refractivity contribution in [2.45, 2.75) is 46.1 Å². The molecule has 19 heavy (non-hydrogen) atoms. The molecule has 2 atom stereocenters. The Bertz CT molecular complexity index is 487. The average Bonchev–Trinajstić information content (AvgIpc) is 2.83. The van der Waals surface area contributed by atoms with Gasteiger partial charge in [-0.05, 0) is 30.1 Å². The highest BCUT2D eigenvalue weighted by Gasteiger charge is 2.51. The summed E-state index contributed by atoms with van der Waals surface area (Å²) in [6, 6.07) is 0.333. The average molecular weight is 280 g/mol. The molecule has 1 aliphatic heterocycles. The van der Waals surface area contributed by atoms with Crippen LogP contribution < -0.4 is 5.32 Å². The first-order valence-corrected chi connectivity index (χ1v) is 7.45. The molecule has 2 fully saturated rings. The van der Waals surface area contributed by atoms with Gasteiger partial charge in [0.05, 0.1) is 17.9 Å². The van der Waals surface area contributed by atoms with Crippen LogP contribution in [0.15, 0.2) is 6.20 Å². The summed E-state index contributed by atoms with van der Waals surface area (Å²) in [4.78, 5) is 14.4. The predicted octanol–water partition coefficient (Wildman–Crippen LogP) is 2.97. The second-order valence-electron chi connectivity index (χ2n) is 7.06. The molecule has 2 amide bonds. The van der Waals surface area contributed by atoms with Crippen LogP contribution >= 0.6 is 11.7 Å². The van der Waals surface area contributed by atoms with Gasteiger partial charge in [-0.15, -0.1) is 0 Å². The van der Waals surface area contributed by atoms with E-state index in [0.29, 0.717) is 17.3 Å². The molecule has 1 saturated carbocycles.